The molecule has 0 aliphatic rings. The zero-order valence-electron chi connectivity index (χ0n) is 18.3. The van der Waals surface area contributed by atoms with E-state index >= 15 is 0 Å². The van der Waals surface area contributed by atoms with Crippen molar-refractivity contribution in [3.63, 3.8) is 0 Å². The molecule has 0 aliphatic heterocycles. The van der Waals surface area contributed by atoms with Crippen LogP contribution in [0.5, 0.6) is 0 Å². The molecule has 0 aliphatic carbocycles. The minimum Gasteiger partial charge on any atom is -0.382 e. The van der Waals surface area contributed by atoms with Gasteiger partial charge in [-0.2, -0.15) is 11.8 Å². The third-order valence-corrected chi connectivity index (χ3v) is 6.26. The fourth-order valence-electron chi connectivity index (χ4n) is 3.46. The molecule has 5 N–H and O–H groups in total. The summed E-state index contributed by atoms with van der Waals surface area (Å²) in [4.78, 5) is 21.4. The van der Waals surface area contributed by atoms with E-state index in [0.717, 1.165) is 40.8 Å². The molecule has 0 fully saturated rings. The van der Waals surface area contributed by atoms with Crippen molar-refractivity contribution in [3.8, 4) is 0 Å². The zero-order chi connectivity index (χ0) is 22.2. The first-order chi connectivity index (χ1) is 15.1. The lowest BCUT2D eigenvalue weighted by Crippen LogP contribution is -2.42. The summed E-state index contributed by atoms with van der Waals surface area (Å²) in [7, 11) is 0. The lowest BCUT2D eigenvalue weighted by atomic mass is 10.2. The number of pyridine rings is 1. The summed E-state index contributed by atoms with van der Waals surface area (Å²) in [6.07, 6.45) is 1.82. The van der Waals surface area contributed by atoms with Crippen LogP contribution in [0.15, 0.2) is 24.3 Å². The van der Waals surface area contributed by atoms with Gasteiger partial charge in [-0.3, -0.25) is 4.79 Å². The topological polar surface area (TPSA) is 121 Å². The third kappa shape index (κ3) is 5.66. The highest BCUT2D eigenvalue weighted by atomic mass is 32.2. The van der Waals surface area contributed by atoms with Crippen molar-refractivity contribution >= 4 is 45.4 Å². The lowest BCUT2D eigenvalue weighted by molar-refractivity contribution is -0.121. The number of para-hydroxylation sites is 1. The number of nitrogens with zero attached hydrogens (tertiary/aromatic N) is 3. The Morgan fingerprint density at radius 2 is 2.10 bits per heavy atom. The van der Waals surface area contributed by atoms with E-state index in [4.69, 9.17) is 21.2 Å². The van der Waals surface area contributed by atoms with Gasteiger partial charge in [-0.15, -0.1) is 0 Å². The van der Waals surface area contributed by atoms with Crippen molar-refractivity contribution in [1.82, 2.24) is 19.9 Å². The van der Waals surface area contributed by atoms with Crippen molar-refractivity contribution < 1.29 is 9.53 Å². The summed E-state index contributed by atoms with van der Waals surface area (Å²) < 4.78 is 7.76. The second kappa shape index (κ2) is 11.3. The molecule has 0 bridgehead atoms. The molecule has 168 valence electrons. The smallest absolute Gasteiger partial charge is 0.237 e. The molecule has 0 unspecified atom stereocenters. The largest absolute Gasteiger partial charge is 0.382 e. The molecule has 31 heavy (non-hydrogen) atoms. The molecule has 3 rings (SSSR count). The average molecular weight is 445 g/mol. The molecule has 2 heterocycles. The number of carbonyl (C=O) groups excluding carboxylic acids is 1. The van der Waals surface area contributed by atoms with E-state index in [1.165, 1.54) is 0 Å². The van der Waals surface area contributed by atoms with Gasteiger partial charge in [0.2, 0.25) is 5.91 Å². The summed E-state index contributed by atoms with van der Waals surface area (Å²) in [5, 5.41) is 3.95. The van der Waals surface area contributed by atoms with E-state index in [-0.39, 0.29) is 5.91 Å². The zero-order valence-corrected chi connectivity index (χ0v) is 19.1. The second-order valence-corrected chi connectivity index (χ2v) is 8.50. The van der Waals surface area contributed by atoms with Crippen molar-refractivity contribution in [2.75, 3.05) is 30.4 Å². The molecular formula is C22H32N6O2S. The van der Waals surface area contributed by atoms with Gasteiger partial charge >= 0.3 is 0 Å². The van der Waals surface area contributed by atoms with E-state index in [2.05, 4.69) is 21.8 Å². The Kier molecular flexibility index (Phi) is 8.51. The maximum atomic E-state index is 12.2. The number of nitrogens with one attached hydrogen (secondary N) is 1. The van der Waals surface area contributed by atoms with Crippen LogP contribution in [0.1, 0.15) is 32.5 Å². The van der Waals surface area contributed by atoms with Gasteiger partial charge in [0.05, 0.1) is 17.1 Å². The predicted molar refractivity (Wildman–Crippen MR) is 128 cm³/mol. The standard InChI is InChI=1S/C22H32N6O2S/c1-3-12-31-14-16(23)22(29)25-10-7-11-28-18(13-30-4-2)27-19-20(28)15-8-5-6-9-17(15)26-21(19)24/h5-6,8-9,16H,3-4,7,10-14,23H2,1-2H3,(H2,24,26)(H,25,29)/t16-/m0/s1. The number of aryl methyl sites for hydroxylation is 1. The summed E-state index contributed by atoms with van der Waals surface area (Å²) in [5.74, 6) is 2.77. The van der Waals surface area contributed by atoms with Crippen molar-refractivity contribution in [2.45, 2.75) is 45.9 Å². The highest BCUT2D eigenvalue weighted by Crippen LogP contribution is 2.29. The minimum absolute atomic E-state index is 0.104. The molecule has 1 amide bonds. The Hall–Kier alpha value is -2.36. The first kappa shape index (κ1) is 23.3. The number of hydrogen-bond acceptors (Lipinski definition) is 7. The molecule has 2 aromatic heterocycles. The molecule has 0 spiro atoms. The fourth-order valence-corrected chi connectivity index (χ4v) is 4.32. The summed E-state index contributed by atoms with van der Waals surface area (Å²) in [6.45, 7) is 6.27. The molecule has 0 saturated heterocycles. The Balaban J connectivity index is 1.75. The predicted octanol–water partition coefficient (Wildman–Crippen LogP) is 2.68. The van der Waals surface area contributed by atoms with Crippen LogP contribution < -0.4 is 16.8 Å². The van der Waals surface area contributed by atoms with Crippen molar-refractivity contribution in [3.05, 3.63) is 30.1 Å². The maximum Gasteiger partial charge on any atom is 0.237 e. The van der Waals surface area contributed by atoms with E-state index in [1.54, 1.807) is 11.8 Å². The van der Waals surface area contributed by atoms with Gasteiger partial charge in [0.15, 0.2) is 5.82 Å². The molecule has 1 atom stereocenters. The number of nitrogen functional groups attached to an aromatic ring is 1. The minimum atomic E-state index is -0.478. The lowest BCUT2D eigenvalue weighted by Gasteiger charge is -2.13. The normalized spacial score (nSPS) is 12.5. The number of benzene rings is 1. The van der Waals surface area contributed by atoms with E-state index < -0.39 is 6.04 Å². The van der Waals surface area contributed by atoms with E-state index in [0.29, 0.717) is 43.4 Å². The molecule has 1 aromatic carbocycles. The summed E-state index contributed by atoms with van der Waals surface area (Å²) in [6, 6.07) is 7.43. The molecular weight excluding hydrogens is 412 g/mol. The van der Waals surface area contributed by atoms with Crippen LogP contribution in [0.2, 0.25) is 0 Å². The van der Waals surface area contributed by atoms with Gasteiger partial charge in [0, 0.05) is 30.8 Å². The number of carbonyl (C=O) groups is 1. The fraction of sp³-hybridized carbons (Fsp3) is 0.500. The van der Waals surface area contributed by atoms with Crippen LogP contribution in [0.4, 0.5) is 5.82 Å². The Morgan fingerprint density at radius 1 is 1.29 bits per heavy atom. The molecule has 0 saturated carbocycles. The number of thioether (sulfide) groups is 1. The summed E-state index contributed by atoms with van der Waals surface area (Å²) in [5.41, 5.74) is 14.7. The van der Waals surface area contributed by atoms with Crippen LogP contribution in [-0.4, -0.2) is 51.1 Å². The quantitative estimate of drug-likeness (QED) is 0.367. The summed E-state index contributed by atoms with van der Waals surface area (Å²) >= 11 is 1.71. The number of hydrogen-bond donors (Lipinski definition) is 3. The van der Waals surface area contributed by atoms with Gasteiger partial charge in [-0.05, 0) is 31.6 Å². The number of anilines is 1. The molecule has 0 radical (unpaired) electrons. The number of imidazole rings is 1. The number of aromatic nitrogens is 3. The van der Waals surface area contributed by atoms with Gasteiger partial charge in [0.1, 0.15) is 17.9 Å². The van der Waals surface area contributed by atoms with Gasteiger partial charge < -0.3 is 26.1 Å². The van der Waals surface area contributed by atoms with Crippen LogP contribution in [0.3, 0.4) is 0 Å². The molecule has 3 aromatic rings. The number of fused-ring (bicyclic) bond motifs is 3. The first-order valence-corrected chi connectivity index (χ1v) is 11.9. The van der Waals surface area contributed by atoms with Crippen molar-refractivity contribution in [2.24, 2.45) is 5.73 Å². The molecule has 9 heteroatoms. The Morgan fingerprint density at radius 3 is 2.87 bits per heavy atom. The SMILES string of the molecule is CCCSC[C@H](N)C(=O)NCCCn1c(COCC)nc2c(N)nc3ccccc3c21. The van der Waals surface area contributed by atoms with E-state index in [1.807, 2.05) is 31.2 Å². The number of amides is 1. The van der Waals surface area contributed by atoms with Gasteiger partial charge in [-0.1, -0.05) is 25.1 Å². The highest BCUT2D eigenvalue weighted by Gasteiger charge is 2.17. The van der Waals surface area contributed by atoms with Gasteiger partial charge in [-0.25, -0.2) is 9.97 Å². The van der Waals surface area contributed by atoms with Crippen molar-refractivity contribution in [1.29, 1.82) is 0 Å². The first-order valence-electron chi connectivity index (χ1n) is 10.8. The second-order valence-electron chi connectivity index (χ2n) is 7.35. The van der Waals surface area contributed by atoms with E-state index in [9.17, 15) is 4.79 Å². The van der Waals surface area contributed by atoms with Crippen LogP contribution in [0.25, 0.3) is 21.9 Å². The average Bonchev–Trinajstić information content (AvgIpc) is 3.14. The number of nitrogens with two attached hydrogens (primary N) is 2. The highest BCUT2D eigenvalue weighted by molar-refractivity contribution is 7.99. The Bertz CT molecular complexity index is 1020. The maximum absolute atomic E-state index is 12.2. The van der Waals surface area contributed by atoms with Crippen LogP contribution >= 0.6 is 11.8 Å². The number of rotatable bonds is 12. The monoisotopic (exact) mass is 444 g/mol. The number of ether oxygens (including phenoxy) is 1. The molecule has 8 nitrogen and oxygen atoms in total. The van der Waals surface area contributed by atoms with Crippen LogP contribution in [-0.2, 0) is 22.7 Å². The third-order valence-electron chi connectivity index (χ3n) is 4.97. The Labute approximate surface area is 187 Å². The van der Waals surface area contributed by atoms with Gasteiger partial charge in [0.25, 0.3) is 0 Å². The van der Waals surface area contributed by atoms with Crippen LogP contribution in [0, 0.1) is 0 Å².